The number of hydrogen-bond acceptors (Lipinski definition) is 4. The Kier molecular flexibility index (Phi) is 8.60. The number of ether oxygens (including phenoxy) is 1. The first-order chi connectivity index (χ1) is 16.5. The van der Waals surface area contributed by atoms with Gasteiger partial charge in [-0.1, -0.05) is 35.7 Å². The maximum absolute atomic E-state index is 5.96. The van der Waals surface area contributed by atoms with Crippen LogP contribution in [0, 0.1) is 17.8 Å². The molecular weight excluding hydrogens is 442 g/mol. The van der Waals surface area contributed by atoms with Crippen LogP contribution >= 0.6 is 11.6 Å². The van der Waals surface area contributed by atoms with Crippen molar-refractivity contribution in [2.24, 2.45) is 5.92 Å². The number of piperidine rings is 1. The van der Waals surface area contributed by atoms with Crippen LogP contribution in [0.15, 0.2) is 66.9 Å². The number of halogens is 1. The minimum absolute atomic E-state index is 0.716. The molecule has 1 aliphatic rings. The minimum atomic E-state index is 0.716. The highest BCUT2D eigenvalue weighted by Crippen LogP contribution is 2.21. The van der Waals surface area contributed by atoms with Crippen LogP contribution < -0.4 is 4.74 Å². The number of aromatic nitrogens is 1. The Labute approximate surface area is 208 Å². The van der Waals surface area contributed by atoms with E-state index in [4.69, 9.17) is 16.3 Å². The van der Waals surface area contributed by atoms with Crippen molar-refractivity contribution in [2.45, 2.75) is 12.8 Å². The Morgan fingerprint density at radius 2 is 1.65 bits per heavy atom. The fraction of sp³-hybridized carbons (Fsp3) is 0.345. The molecule has 5 heteroatoms. The summed E-state index contributed by atoms with van der Waals surface area (Å²) in [5, 5.41) is 0.728. The van der Waals surface area contributed by atoms with Gasteiger partial charge in [0, 0.05) is 35.4 Å². The average molecular weight is 474 g/mol. The highest BCUT2D eigenvalue weighted by Gasteiger charge is 2.19. The molecule has 1 fully saturated rings. The SMILES string of the molecule is CN(C)CC1CCN(CCOc2ccc(C#Cc3ccc(-c4ccc(Cl)cc4)cn3)cc2)CC1. The molecule has 0 amide bonds. The lowest BCUT2D eigenvalue weighted by atomic mass is 9.96. The van der Waals surface area contributed by atoms with Crippen LogP contribution in [0.2, 0.25) is 5.02 Å². The first-order valence-electron chi connectivity index (χ1n) is 11.9. The van der Waals surface area contributed by atoms with Gasteiger partial charge in [-0.15, -0.1) is 0 Å². The molecule has 1 saturated heterocycles. The summed E-state index contributed by atoms with van der Waals surface area (Å²) in [5.41, 5.74) is 3.81. The molecule has 0 atom stereocenters. The zero-order valence-electron chi connectivity index (χ0n) is 20.0. The Morgan fingerprint density at radius 1 is 0.941 bits per heavy atom. The predicted molar refractivity (Wildman–Crippen MR) is 140 cm³/mol. The Hall–Kier alpha value is -2.84. The molecule has 1 aliphatic heterocycles. The molecule has 0 N–H and O–H groups in total. The second kappa shape index (κ2) is 12.0. The normalized spacial score (nSPS) is 14.6. The van der Waals surface area contributed by atoms with Crippen molar-refractivity contribution in [3.63, 3.8) is 0 Å². The van der Waals surface area contributed by atoms with Gasteiger partial charge in [0.25, 0.3) is 0 Å². The van der Waals surface area contributed by atoms with Gasteiger partial charge in [-0.2, -0.15) is 0 Å². The third-order valence-corrected chi connectivity index (χ3v) is 6.39. The number of hydrogen-bond donors (Lipinski definition) is 0. The topological polar surface area (TPSA) is 28.6 Å². The molecule has 0 radical (unpaired) electrons. The summed E-state index contributed by atoms with van der Waals surface area (Å²) in [6.07, 6.45) is 4.41. The second-order valence-corrected chi connectivity index (χ2v) is 9.55. The van der Waals surface area contributed by atoms with E-state index >= 15 is 0 Å². The van der Waals surface area contributed by atoms with Crippen LogP contribution in [0.3, 0.4) is 0 Å². The van der Waals surface area contributed by atoms with Crippen LogP contribution in [0.5, 0.6) is 5.75 Å². The number of benzene rings is 2. The highest BCUT2D eigenvalue weighted by molar-refractivity contribution is 6.30. The maximum Gasteiger partial charge on any atom is 0.119 e. The monoisotopic (exact) mass is 473 g/mol. The van der Waals surface area contributed by atoms with Crippen molar-refractivity contribution in [3.05, 3.63) is 83.1 Å². The van der Waals surface area contributed by atoms with Gasteiger partial charge in [0.2, 0.25) is 0 Å². The molecule has 0 saturated carbocycles. The summed E-state index contributed by atoms with van der Waals surface area (Å²) in [6.45, 7) is 5.24. The number of rotatable bonds is 7. The molecule has 0 unspecified atom stereocenters. The van der Waals surface area contributed by atoms with E-state index in [2.05, 4.69) is 40.7 Å². The van der Waals surface area contributed by atoms with Crippen LogP contribution in [0.4, 0.5) is 0 Å². The maximum atomic E-state index is 5.96. The average Bonchev–Trinajstić information content (AvgIpc) is 2.85. The first kappa shape index (κ1) is 24.3. The summed E-state index contributed by atoms with van der Waals surface area (Å²) in [7, 11) is 4.32. The van der Waals surface area contributed by atoms with E-state index in [1.54, 1.807) is 0 Å². The zero-order chi connectivity index (χ0) is 23.8. The molecule has 4 nitrogen and oxygen atoms in total. The lowest BCUT2D eigenvalue weighted by Crippen LogP contribution is -2.39. The predicted octanol–water partition coefficient (Wildman–Crippen LogP) is 5.45. The molecule has 2 heterocycles. The van der Waals surface area contributed by atoms with Gasteiger partial charge in [0.1, 0.15) is 18.1 Å². The summed E-state index contributed by atoms with van der Waals surface area (Å²) >= 11 is 5.96. The minimum Gasteiger partial charge on any atom is -0.492 e. The smallest absolute Gasteiger partial charge is 0.119 e. The van der Waals surface area contributed by atoms with Gasteiger partial charge in [-0.25, -0.2) is 4.98 Å². The molecule has 0 aliphatic carbocycles. The van der Waals surface area contributed by atoms with Crippen molar-refractivity contribution in [1.82, 2.24) is 14.8 Å². The van der Waals surface area contributed by atoms with Crippen LogP contribution in [-0.4, -0.2) is 61.7 Å². The molecule has 4 rings (SSSR count). The number of pyridine rings is 1. The van der Waals surface area contributed by atoms with Gasteiger partial charge < -0.3 is 9.64 Å². The van der Waals surface area contributed by atoms with Crippen LogP contribution in [0.1, 0.15) is 24.1 Å². The molecule has 2 aromatic carbocycles. The summed E-state index contributed by atoms with van der Waals surface area (Å²) in [6, 6.07) is 19.7. The van der Waals surface area contributed by atoms with E-state index in [-0.39, 0.29) is 0 Å². The van der Waals surface area contributed by atoms with E-state index in [1.807, 2.05) is 66.9 Å². The van der Waals surface area contributed by atoms with Crippen molar-refractivity contribution >= 4 is 11.6 Å². The van der Waals surface area contributed by atoms with Gasteiger partial charge in [-0.05, 0) is 99.9 Å². The van der Waals surface area contributed by atoms with Crippen molar-refractivity contribution < 1.29 is 4.74 Å². The molecule has 1 aromatic heterocycles. The molecular formula is C29H32ClN3O. The Morgan fingerprint density at radius 3 is 2.29 bits per heavy atom. The fourth-order valence-corrected chi connectivity index (χ4v) is 4.38. The lowest BCUT2D eigenvalue weighted by Gasteiger charge is -2.33. The van der Waals surface area contributed by atoms with E-state index in [1.165, 1.54) is 32.5 Å². The second-order valence-electron chi connectivity index (χ2n) is 9.11. The number of likely N-dealkylation sites (tertiary alicyclic amines) is 1. The quantitative estimate of drug-likeness (QED) is 0.426. The Bertz CT molecular complexity index is 1090. The molecule has 176 valence electrons. The van der Waals surface area contributed by atoms with E-state index < -0.39 is 0 Å². The third-order valence-electron chi connectivity index (χ3n) is 6.14. The van der Waals surface area contributed by atoms with Gasteiger partial charge in [0.15, 0.2) is 0 Å². The third kappa shape index (κ3) is 7.33. The number of nitrogens with zero attached hydrogens (tertiary/aromatic N) is 3. The molecule has 0 bridgehead atoms. The Balaban J connectivity index is 1.23. The fourth-order valence-electron chi connectivity index (χ4n) is 4.25. The van der Waals surface area contributed by atoms with E-state index in [0.717, 1.165) is 45.6 Å². The molecule has 34 heavy (non-hydrogen) atoms. The molecule has 3 aromatic rings. The summed E-state index contributed by atoms with van der Waals surface area (Å²) in [4.78, 5) is 9.28. The molecule has 0 spiro atoms. The summed E-state index contributed by atoms with van der Waals surface area (Å²) < 4.78 is 5.96. The van der Waals surface area contributed by atoms with E-state index in [0.29, 0.717) is 6.61 Å². The van der Waals surface area contributed by atoms with Gasteiger partial charge in [0.05, 0.1) is 0 Å². The standard InChI is InChI=1S/C29H32ClN3O/c1-32(2)22-24-15-17-33(18-16-24)19-20-34-29-13-4-23(5-14-29)3-11-28-12-8-26(21-31-28)25-6-9-27(30)10-7-25/h4-10,12-14,21,24H,15-20,22H2,1-2H3. The van der Waals surface area contributed by atoms with Crippen molar-refractivity contribution in [3.8, 4) is 28.7 Å². The van der Waals surface area contributed by atoms with Crippen molar-refractivity contribution in [1.29, 1.82) is 0 Å². The van der Waals surface area contributed by atoms with Crippen LogP contribution in [0.25, 0.3) is 11.1 Å². The van der Waals surface area contributed by atoms with Crippen molar-refractivity contribution in [2.75, 3.05) is 46.9 Å². The van der Waals surface area contributed by atoms with Gasteiger partial charge >= 0.3 is 0 Å². The zero-order valence-corrected chi connectivity index (χ0v) is 20.8. The van der Waals surface area contributed by atoms with Crippen LogP contribution in [-0.2, 0) is 0 Å². The summed E-state index contributed by atoms with van der Waals surface area (Å²) in [5.74, 6) is 8.04. The van der Waals surface area contributed by atoms with Gasteiger partial charge in [-0.3, -0.25) is 4.90 Å². The largest absolute Gasteiger partial charge is 0.492 e. The van der Waals surface area contributed by atoms with E-state index in [9.17, 15) is 0 Å². The first-order valence-corrected chi connectivity index (χ1v) is 12.3. The highest BCUT2D eigenvalue weighted by atomic mass is 35.5. The lowest BCUT2D eigenvalue weighted by molar-refractivity contribution is 0.141.